The number of unbranched alkanes of at least 4 members (excludes halogenated alkanes) is 2. The molecule has 0 amide bonds. The summed E-state index contributed by atoms with van der Waals surface area (Å²) in [6.07, 6.45) is 3.45. The second-order valence-corrected chi connectivity index (χ2v) is 7.78. The Kier molecular flexibility index (Phi) is 6.28. The van der Waals surface area contributed by atoms with Crippen molar-refractivity contribution in [2.75, 3.05) is 0 Å². The molecule has 1 N–H and O–H groups in total. The number of nitrogens with one attached hydrogen (secondary N) is 1. The van der Waals surface area contributed by atoms with Gasteiger partial charge in [-0.1, -0.05) is 18.5 Å². The molecule has 12 heteroatoms. The Balaban J connectivity index is 1.46. The van der Waals surface area contributed by atoms with Crippen molar-refractivity contribution in [2.24, 2.45) is 0 Å². The number of halogens is 2. The number of aryl methyl sites for hydroxylation is 2. The second-order valence-electron chi connectivity index (χ2n) is 7.05. The summed E-state index contributed by atoms with van der Waals surface area (Å²) in [6.45, 7) is 2.75. The fraction of sp³-hybridized carbons (Fsp3) is 0.421. The quantitative estimate of drug-likeness (QED) is 0.294. The Hall–Kier alpha value is -2.85. The molecular formula is C19H20Cl2N6O4. The molecule has 0 aliphatic rings. The van der Waals surface area contributed by atoms with Gasteiger partial charge in [0.1, 0.15) is 0 Å². The molecule has 0 saturated carbocycles. The van der Waals surface area contributed by atoms with Crippen molar-refractivity contribution in [2.45, 2.75) is 52.1 Å². The highest BCUT2D eigenvalue weighted by Crippen LogP contribution is 2.23. The van der Waals surface area contributed by atoms with Gasteiger partial charge in [0.2, 0.25) is 5.28 Å². The number of aromatic amines is 1. The molecule has 0 fully saturated rings. The van der Waals surface area contributed by atoms with E-state index in [0.29, 0.717) is 43.0 Å². The predicted molar refractivity (Wildman–Crippen MR) is 114 cm³/mol. The first-order valence-corrected chi connectivity index (χ1v) is 10.7. The number of aromatic nitrogens is 6. The van der Waals surface area contributed by atoms with Crippen LogP contribution in [0.4, 0.5) is 0 Å². The summed E-state index contributed by atoms with van der Waals surface area (Å²) in [6, 6.07) is 3.24. The van der Waals surface area contributed by atoms with Crippen LogP contribution in [0, 0.1) is 0 Å². The van der Waals surface area contributed by atoms with Gasteiger partial charge in [-0.2, -0.15) is 9.97 Å². The van der Waals surface area contributed by atoms with Crippen LogP contribution in [0.1, 0.15) is 38.4 Å². The molecule has 0 saturated heterocycles. The van der Waals surface area contributed by atoms with Gasteiger partial charge in [-0.3, -0.25) is 13.9 Å². The van der Waals surface area contributed by atoms with Gasteiger partial charge in [-0.15, -0.1) is 0 Å². The summed E-state index contributed by atoms with van der Waals surface area (Å²) in [5.41, 5.74) is -0.281. The van der Waals surface area contributed by atoms with E-state index in [2.05, 4.69) is 20.1 Å². The zero-order valence-electron chi connectivity index (χ0n) is 16.7. The van der Waals surface area contributed by atoms with Crippen LogP contribution < -0.4 is 11.2 Å². The number of hydrogen-bond donors (Lipinski definition) is 1. The van der Waals surface area contributed by atoms with Gasteiger partial charge in [0.25, 0.3) is 11.4 Å². The topological polar surface area (TPSA) is 125 Å². The van der Waals surface area contributed by atoms with Crippen molar-refractivity contribution in [3.05, 3.63) is 49.3 Å². The molecule has 4 heterocycles. The fourth-order valence-corrected chi connectivity index (χ4v) is 3.61. The monoisotopic (exact) mass is 466 g/mol. The fourth-order valence-electron chi connectivity index (χ4n) is 3.29. The van der Waals surface area contributed by atoms with E-state index in [-0.39, 0.29) is 34.1 Å². The minimum Gasteiger partial charge on any atom is -0.440 e. The first-order chi connectivity index (χ1) is 15.0. The molecule has 0 spiro atoms. The Morgan fingerprint density at radius 3 is 2.61 bits per heavy atom. The maximum Gasteiger partial charge on any atom is 0.332 e. The highest BCUT2D eigenvalue weighted by molar-refractivity contribution is 6.29. The molecule has 0 atom stereocenters. The van der Waals surface area contributed by atoms with Gasteiger partial charge < -0.3 is 13.9 Å². The lowest BCUT2D eigenvalue weighted by Crippen LogP contribution is -2.40. The van der Waals surface area contributed by atoms with Crippen LogP contribution in [-0.2, 0) is 19.5 Å². The molecule has 0 unspecified atom stereocenters. The van der Waals surface area contributed by atoms with Gasteiger partial charge in [-0.25, -0.2) is 4.79 Å². The molecule has 4 aromatic heterocycles. The standard InChI is InChI=1S/C19H20Cl2N6O4/c1-2-3-9-26-15-14(23-18(21)24-15)17(28)27(19(26)29)10-5-4-6-13-22-16(31-25-13)11-7-8-12(20)30-11/h7-8H,2-6,9-10H2,1H3,(H,23,24). The Morgan fingerprint density at radius 1 is 1.06 bits per heavy atom. The highest BCUT2D eigenvalue weighted by atomic mass is 35.5. The third-order valence-electron chi connectivity index (χ3n) is 4.85. The number of furan rings is 1. The van der Waals surface area contributed by atoms with Gasteiger partial charge in [0, 0.05) is 19.5 Å². The van der Waals surface area contributed by atoms with Crippen LogP contribution in [0.15, 0.2) is 30.7 Å². The molecule has 164 valence electrons. The van der Waals surface area contributed by atoms with E-state index >= 15 is 0 Å². The molecule has 31 heavy (non-hydrogen) atoms. The van der Waals surface area contributed by atoms with Crippen molar-refractivity contribution in [3.63, 3.8) is 0 Å². The number of fused-ring (bicyclic) bond motifs is 1. The number of H-pyrrole nitrogens is 1. The van der Waals surface area contributed by atoms with Crippen LogP contribution >= 0.6 is 23.2 Å². The molecular weight excluding hydrogens is 447 g/mol. The second kappa shape index (κ2) is 9.11. The molecule has 4 aromatic rings. The van der Waals surface area contributed by atoms with E-state index in [0.717, 1.165) is 12.8 Å². The maximum absolute atomic E-state index is 12.9. The number of rotatable bonds is 9. The Bertz CT molecular complexity index is 1320. The SMILES string of the molecule is CCCCn1c(=O)n(CCCCc2noc(-c3ccc(Cl)o3)n2)c(=O)c2[nH]c(Cl)nc21. The van der Waals surface area contributed by atoms with E-state index in [1.165, 1.54) is 9.13 Å². The summed E-state index contributed by atoms with van der Waals surface area (Å²) in [5.74, 6) is 1.15. The summed E-state index contributed by atoms with van der Waals surface area (Å²) >= 11 is 11.7. The summed E-state index contributed by atoms with van der Waals surface area (Å²) in [4.78, 5) is 36.8. The minimum atomic E-state index is -0.427. The summed E-state index contributed by atoms with van der Waals surface area (Å²) in [5, 5.41) is 4.24. The lowest BCUT2D eigenvalue weighted by atomic mass is 10.2. The molecule has 0 aromatic carbocycles. The van der Waals surface area contributed by atoms with Crippen molar-refractivity contribution >= 4 is 34.4 Å². The largest absolute Gasteiger partial charge is 0.440 e. The van der Waals surface area contributed by atoms with Crippen LogP contribution in [0.5, 0.6) is 0 Å². The molecule has 0 radical (unpaired) electrons. The third-order valence-corrected chi connectivity index (χ3v) is 5.23. The van der Waals surface area contributed by atoms with Crippen LogP contribution in [0.2, 0.25) is 10.5 Å². The van der Waals surface area contributed by atoms with E-state index < -0.39 is 5.56 Å². The van der Waals surface area contributed by atoms with Crippen molar-refractivity contribution < 1.29 is 8.94 Å². The average molecular weight is 467 g/mol. The first-order valence-electron chi connectivity index (χ1n) is 9.95. The molecule has 0 aliphatic carbocycles. The summed E-state index contributed by atoms with van der Waals surface area (Å²) in [7, 11) is 0. The zero-order chi connectivity index (χ0) is 22.0. The number of nitrogens with zero attached hydrogens (tertiary/aromatic N) is 5. The highest BCUT2D eigenvalue weighted by Gasteiger charge is 2.17. The first kappa shape index (κ1) is 21.4. The van der Waals surface area contributed by atoms with Crippen LogP contribution in [0.25, 0.3) is 22.8 Å². The lowest BCUT2D eigenvalue weighted by molar-refractivity contribution is 0.407. The zero-order valence-corrected chi connectivity index (χ0v) is 18.2. The molecule has 10 nitrogen and oxygen atoms in total. The van der Waals surface area contributed by atoms with Crippen molar-refractivity contribution in [1.82, 2.24) is 29.2 Å². The van der Waals surface area contributed by atoms with Crippen LogP contribution in [0.3, 0.4) is 0 Å². The predicted octanol–water partition coefficient (Wildman–Crippen LogP) is 3.66. The normalized spacial score (nSPS) is 11.6. The van der Waals surface area contributed by atoms with Gasteiger partial charge in [-0.05, 0) is 54.6 Å². The lowest BCUT2D eigenvalue weighted by Gasteiger charge is -2.10. The Morgan fingerprint density at radius 2 is 1.87 bits per heavy atom. The molecule has 0 aliphatic heterocycles. The van der Waals surface area contributed by atoms with E-state index in [9.17, 15) is 9.59 Å². The minimum absolute atomic E-state index is 0.0836. The van der Waals surface area contributed by atoms with Crippen molar-refractivity contribution in [3.8, 4) is 11.7 Å². The summed E-state index contributed by atoms with van der Waals surface area (Å²) < 4.78 is 13.1. The number of hydrogen-bond acceptors (Lipinski definition) is 7. The van der Waals surface area contributed by atoms with Gasteiger partial charge in [0.15, 0.2) is 28.0 Å². The van der Waals surface area contributed by atoms with E-state index in [4.69, 9.17) is 32.1 Å². The van der Waals surface area contributed by atoms with E-state index in [1.54, 1.807) is 12.1 Å². The van der Waals surface area contributed by atoms with Crippen molar-refractivity contribution in [1.29, 1.82) is 0 Å². The number of imidazole rings is 1. The van der Waals surface area contributed by atoms with Crippen LogP contribution in [-0.4, -0.2) is 29.2 Å². The molecule has 0 bridgehead atoms. The average Bonchev–Trinajstić information content (AvgIpc) is 3.47. The smallest absolute Gasteiger partial charge is 0.332 e. The van der Waals surface area contributed by atoms with Gasteiger partial charge in [0.05, 0.1) is 0 Å². The maximum atomic E-state index is 12.9. The van der Waals surface area contributed by atoms with E-state index in [1.807, 2.05) is 6.92 Å². The van der Waals surface area contributed by atoms with Gasteiger partial charge >= 0.3 is 5.69 Å². The Labute approximate surface area is 185 Å². The molecule has 4 rings (SSSR count). The third kappa shape index (κ3) is 4.45.